The second-order valence-electron chi connectivity index (χ2n) is 15.7. The fraction of sp³-hybridized carbons (Fsp3) is 0.558. The summed E-state index contributed by atoms with van der Waals surface area (Å²) in [7, 11) is 0. The first kappa shape index (κ1) is 45.4. The van der Waals surface area contributed by atoms with Gasteiger partial charge in [0.05, 0.1) is 6.04 Å². The molecule has 0 bridgehead atoms. The molecule has 1 aliphatic heterocycles. The zero-order valence-corrected chi connectivity index (χ0v) is 33.7. The van der Waals surface area contributed by atoms with Gasteiger partial charge in [-0.1, -0.05) is 113 Å². The molecule has 2 aromatic carbocycles. The lowest BCUT2D eigenvalue weighted by atomic mass is 9.84. The van der Waals surface area contributed by atoms with E-state index in [1.165, 1.54) is 0 Å². The van der Waals surface area contributed by atoms with Crippen LogP contribution in [0.3, 0.4) is 0 Å². The van der Waals surface area contributed by atoms with Gasteiger partial charge in [0.2, 0.25) is 35.4 Å². The number of carboxylic acid groups (broad SMARTS) is 1. The second kappa shape index (κ2) is 23.2. The van der Waals surface area contributed by atoms with Crippen molar-refractivity contribution in [1.29, 1.82) is 0 Å². The van der Waals surface area contributed by atoms with Crippen LogP contribution in [0.25, 0.3) is 0 Å². The molecule has 4 rings (SSSR count). The topological polar surface area (TPSA) is 238 Å². The third kappa shape index (κ3) is 14.6. The number of benzene rings is 2. The fourth-order valence-electron chi connectivity index (χ4n) is 7.59. The lowest BCUT2D eigenvalue weighted by Crippen LogP contribution is -2.61. The molecule has 6 amide bonds. The number of amides is 6. The molecule has 2 aliphatic rings. The third-order valence-electron chi connectivity index (χ3n) is 11.2. The van der Waals surface area contributed by atoms with E-state index in [1.54, 1.807) is 30.3 Å². The van der Waals surface area contributed by atoms with Crippen molar-refractivity contribution >= 4 is 41.4 Å². The number of nitrogens with two attached hydrogens (primary N) is 1. The monoisotopic (exact) mass is 803 g/mol. The van der Waals surface area contributed by atoms with Gasteiger partial charge in [-0.25, -0.2) is 4.79 Å². The van der Waals surface area contributed by atoms with Crippen molar-refractivity contribution in [2.24, 2.45) is 17.6 Å². The van der Waals surface area contributed by atoms with Crippen LogP contribution in [0.15, 0.2) is 60.7 Å². The van der Waals surface area contributed by atoms with Crippen LogP contribution in [0.4, 0.5) is 0 Å². The van der Waals surface area contributed by atoms with E-state index in [4.69, 9.17) is 5.73 Å². The normalized spacial score (nSPS) is 18.6. The number of carbonyl (C=O) groups excluding carboxylic acids is 6. The Morgan fingerprint density at radius 2 is 1.22 bits per heavy atom. The molecule has 2 aromatic rings. The van der Waals surface area contributed by atoms with E-state index in [0.717, 1.165) is 44.1 Å². The number of primary amides is 1. The summed E-state index contributed by atoms with van der Waals surface area (Å²) in [6, 6.07) is 11.9. The quantitative estimate of drug-likeness (QED) is 0.0868. The lowest BCUT2D eigenvalue weighted by molar-refractivity contribution is -0.142. The van der Waals surface area contributed by atoms with E-state index in [9.17, 15) is 38.7 Å². The molecule has 1 saturated heterocycles. The number of carboxylic acids is 1. The Labute approximate surface area is 340 Å². The van der Waals surface area contributed by atoms with E-state index in [-0.39, 0.29) is 49.8 Å². The van der Waals surface area contributed by atoms with Gasteiger partial charge in [0.25, 0.3) is 0 Å². The van der Waals surface area contributed by atoms with Gasteiger partial charge in [-0.3, -0.25) is 28.8 Å². The Kier molecular flexibility index (Phi) is 18.1. The Bertz CT molecular complexity index is 1680. The minimum atomic E-state index is -1.43. The van der Waals surface area contributed by atoms with Gasteiger partial charge in [0.15, 0.2) is 0 Å². The maximum absolute atomic E-state index is 14.3. The number of rotatable bonds is 22. The highest BCUT2D eigenvalue weighted by molar-refractivity contribution is 5.96. The molecule has 15 nitrogen and oxygen atoms in total. The average Bonchev–Trinajstić information content (AvgIpc) is 3.77. The van der Waals surface area contributed by atoms with Crippen LogP contribution in [0.2, 0.25) is 0 Å². The van der Waals surface area contributed by atoms with E-state index < -0.39 is 71.8 Å². The molecule has 15 heteroatoms. The zero-order chi connectivity index (χ0) is 42.0. The first-order valence-corrected chi connectivity index (χ1v) is 20.7. The summed E-state index contributed by atoms with van der Waals surface area (Å²) < 4.78 is 0. The molecule has 1 aliphatic carbocycles. The van der Waals surface area contributed by atoms with Crippen molar-refractivity contribution in [3.05, 3.63) is 71.8 Å². The predicted molar refractivity (Wildman–Crippen MR) is 218 cm³/mol. The van der Waals surface area contributed by atoms with Crippen LogP contribution in [0.1, 0.15) is 95.6 Å². The summed E-state index contributed by atoms with van der Waals surface area (Å²) in [5.41, 5.74) is 6.76. The SMILES string of the molecule is CC[C@H](C)[C@H](NC(=O)[C@H](Cc1ccccc1)NC(=O)[C@@H]1CCCN1)C(=O)N[C@@H](CC1CCCCC1)C(=O)N[C@@H](Cc1ccccc1)C(=O)N[C@@H](CCC(N)=O)C(=O)O. The molecule has 2 fully saturated rings. The Morgan fingerprint density at radius 1 is 0.690 bits per heavy atom. The molecular formula is C43H61N7O8. The van der Waals surface area contributed by atoms with Gasteiger partial charge in [0.1, 0.15) is 30.2 Å². The van der Waals surface area contributed by atoms with Crippen LogP contribution < -0.4 is 37.6 Å². The zero-order valence-electron chi connectivity index (χ0n) is 33.7. The third-order valence-corrected chi connectivity index (χ3v) is 11.2. The molecule has 1 heterocycles. The molecule has 0 radical (unpaired) electrons. The van der Waals surface area contributed by atoms with Crippen LogP contribution in [0, 0.1) is 11.8 Å². The second-order valence-corrected chi connectivity index (χ2v) is 15.7. The number of hydrogen-bond donors (Lipinski definition) is 8. The molecule has 0 spiro atoms. The minimum Gasteiger partial charge on any atom is -0.480 e. The van der Waals surface area contributed by atoms with Crippen LogP contribution in [-0.2, 0) is 46.4 Å². The first-order chi connectivity index (χ1) is 27.8. The molecule has 316 valence electrons. The van der Waals surface area contributed by atoms with E-state index in [0.29, 0.717) is 24.9 Å². The average molecular weight is 804 g/mol. The first-order valence-electron chi connectivity index (χ1n) is 20.7. The summed E-state index contributed by atoms with van der Waals surface area (Å²) >= 11 is 0. The van der Waals surface area contributed by atoms with Gasteiger partial charge in [-0.2, -0.15) is 0 Å². The van der Waals surface area contributed by atoms with Crippen molar-refractivity contribution in [2.45, 2.75) is 134 Å². The maximum atomic E-state index is 14.3. The van der Waals surface area contributed by atoms with E-state index >= 15 is 0 Å². The van der Waals surface area contributed by atoms with Gasteiger partial charge in [-0.15, -0.1) is 0 Å². The largest absolute Gasteiger partial charge is 0.480 e. The highest BCUT2D eigenvalue weighted by Gasteiger charge is 2.36. The molecule has 0 aromatic heterocycles. The van der Waals surface area contributed by atoms with Crippen LogP contribution in [-0.4, -0.2) is 89.3 Å². The van der Waals surface area contributed by atoms with Crippen molar-refractivity contribution in [3.63, 3.8) is 0 Å². The highest BCUT2D eigenvalue weighted by atomic mass is 16.4. The molecule has 9 N–H and O–H groups in total. The highest BCUT2D eigenvalue weighted by Crippen LogP contribution is 2.28. The van der Waals surface area contributed by atoms with Crippen LogP contribution in [0.5, 0.6) is 0 Å². The fourth-order valence-corrected chi connectivity index (χ4v) is 7.59. The minimum absolute atomic E-state index is 0.0150. The molecule has 1 saturated carbocycles. The molecular weight excluding hydrogens is 743 g/mol. The van der Waals surface area contributed by atoms with Crippen molar-refractivity contribution in [3.8, 4) is 0 Å². The molecule has 0 unspecified atom stereocenters. The predicted octanol–water partition coefficient (Wildman–Crippen LogP) is 2.01. The Balaban J connectivity index is 1.57. The van der Waals surface area contributed by atoms with Crippen LogP contribution >= 0.6 is 0 Å². The standard InChI is InChI=1S/C43H61N7O8/c1-3-27(2)37(50-41(55)35(26-30-18-11-6-12-19-30)47-38(52)31-20-13-23-45-31)42(56)49-34(25-29-16-9-5-10-17-29)40(54)48-33(24-28-14-7-4-8-15-28)39(53)46-32(43(57)58)21-22-36(44)51/h4,6-8,11-12,14-15,18-19,27,29,31-35,37,45H,3,5,9-10,13,16-17,20-26H2,1-2H3,(H2,44,51)(H,46,53)(H,47,52)(H,48,54)(H,49,56)(H,50,55)(H,57,58)/t27-,31-,32-,33-,34-,35-,37-/m0/s1. The van der Waals surface area contributed by atoms with Gasteiger partial charge in [0, 0.05) is 19.3 Å². The molecule has 58 heavy (non-hydrogen) atoms. The summed E-state index contributed by atoms with van der Waals surface area (Å²) in [5.74, 6) is -5.15. The number of carbonyl (C=O) groups is 7. The summed E-state index contributed by atoms with van der Waals surface area (Å²) in [6.45, 7) is 4.42. The molecule has 7 atom stereocenters. The van der Waals surface area contributed by atoms with E-state index in [2.05, 4.69) is 31.9 Å². The number of aliphatic carboxylic acids is 1. The Morgan fingerprint density at radius 3 is 1.76 bits per heavy atom. The summed E-state index contributed by atoms with van der Waals surface area (Å²) in [6.07, 6.45) is 6.74. The Hall–Kier alpha value is -5.31. The number of nitrogens with one attached hydrogen (secondary N) is 6. The van der Waals surface area contributed by atoms with Crippen molar-refractivity contribution in [1.82, 2.24) is 31.9 Å². The van der Waals surface area contributed by atoms with Crippen molar-refractivity contribution in [2.75, 3.05) is 6.54 Å². The van der Waals surface area contributed by atoms with Crippen molar-refractivity contribution < 1.29 is 38.7 Å². The summed E-state index contributed by atoms with van der Waals surface area (Å²) in [5, 5.41) is 26.9. The summed E-state index contributed by atoms with van der Waals surface area (Å²) in [4.78, 5) is 93.1. The number of hydrogen-bond acceptors (Lipinski definition) is 8. The van der Waals surface area contributed by atoms with Gasteiger partial charge < -0.3 is 42.7 Å². The van der Waals surface area contributed by atoms with E-state index in [1.807, 2.05) is 44.2 Å². The maximum Gasteiger partial charge on any atom is 0.326 e. The smallest absolute Gasteiger partial charge is 0.326 e. The van der Waals surface area contributed by atoms with Gasteiger partial charge >= 0.3 is 5.97 Å². The lowest BCUT2D eigenvalue weighted by Gasteiger charge is -2.31. The van der Waals surface area contributed by atoms with Gasteiger partial charge in [-0.05, 0) is 55.2 Å².